The normalized spacial score (nSPS) is 10.1. The van der Waals surface area contributed by atoms with E-state index in [0.717, 1.165) is 11.3 Å². The van der Waals surface area contributed by atoms with Crippen molar-refractivity contribution >= 4 is 12.6 Å². The molecule has 4 nitrogen and oxygen atoms in total. The molecule has 19 heavy (non-hydrogen) atoms. The summed E-state index contributed by atoms with van der Waals surface area (Å²) in [5.74, 6) is 1.44. The molecule has 0 heterocycles. The Bertz CT molecular complexity index is 542. The van der Waals surface area contributed by atoms with Gasteiger partial charge in [-0.1, -0.05) is 30.3 Å². The average molecular weight is 258 g/mol. The van der Waals surface area contributed by atoms with Crippen LogP contribution in [-0.4, -0.2) is 24.3 Å². The van der Waals surface area contributed by atoms with Crippen LogP contribution >= 0.6 is 0 Å². The van der Waals surface area contributed by atoms with Crippen LogP contribution in [0.2, 0.25) is 0 Å². The zero-order valence-electron chi connectivity index (χ0n) is 10.6. The van der Waals surface area contributed by atoms with Gasteiger partial charge in [-0.3, -0.25) is 0 Å². The van der Waals surface area contributed by atoms with Crippen LogP contribution in [0.15, 0.2) is 48.5 Å². The minimum Gasteiger partial charge on any atom is -0.497 e. The molecular weight excluding hydrogens is 243 g/mol. The maximum absolute atomic E-state index is 9.10. The van der Waals surface area contributed by atoms with Crippen LogP contribution in [0.5, 0.6) is 11.5 Å². The van der Waals surface area contributed by atoms with Gasteiger partial charge >= 0.3 is 7.12 Å². The van der Waals surface area contributed by atoms with Gasteiger partial charge in [0.25, 0.3) is 0 Å². The molecule has 0 aromatic heterocycles. The maximum Gasteiger partial charge on any atom is 0.488 e. The molecule has 0 radical (unpaired) electrons. The van der Waals surface area contributed by atoms with Gasteiger partial charge in [-0.25, -0.2) is 0 Å². The summed E-state index contributed by atoms with van der Waals surface area (Å²) >= 11 is 0. The molecule has 0 aliphatic heterocycles. The highest BCUT2D eigenvalue weighted by atomic mass is 16.5. The summed E-state index contributed by atoms with van der Waals surface area (Å²) in [6, 6.07) is 14.3. The molecule has 2 N–H and O–H groups in total. The van der Waals surface area contributed by atoms with Crippen LogP contribution in [0, 0.1) is 0 Å². The van der Waals surface area contributed by atoms with Crippen LogP contribution in [-0.2, 0) is 6.61 Å². The second kappa shape index (κ2) is 6.27. The van der Waals surface area contributed by atoms with Crippen molar-refractivity contribution in [3.8, 4) is 11.5 Å². The van der Waals surface area contributed by atoms with Gasteiger partial charge in [0.15, 0.2) is 0 Å². The molecule has 0 aliphatic rings. The lowest BCUT2D eigenvalue weighted by atomic mass is 9.80. The fraction of sp³-hybridized carbons (Fsp3) is 0.143. The number of benzene rings is 2. The molecule has 0 spiro atoms. The van der Waals surface area contributed by atoms with E-state index >= 15 is 0 Å². The van der Waals surface area contributed by atoms with Crippen LogP contribution in [0.25, 0.3) is 0 Å². The van der Waals surface area contributed by atoms with E-state index in [9.17, 15) is 0 Å². The Kier molecular flexibility index (Phi) is 4.44. The second-order valence-corrected chi connectivity index (χ2v) is 4.09. The number of hydrogen-bond donors (Lipinski definition) is 2. The largest absolute Gasteiger partial charge is 0.497 e. The first-order valence-electron chi connectivity index (χ1n) is 5.91. The Morgan fingerprint density at radius 1 is 1.00 bits per heavy atom. The third-order valence-electron chi connectivity index (χ3n) is 2.70. The number of ether oxygens (including phenoxy) is 2. The van der Waals surface area contributed by atoms with Gasteiger partial charge in [0, 0.05) is 6.07 Å². The molecule has 2 aromatic rings. The maximum atomic E-state index is 9.10. The van der Waals surface area contributed by atoms with E-state index in [1.54, 1.807) is 31.4 Å². The first kappa shape index (κ1) is 13.5. The van der Waals surface area contributed by atoms with E-state index in [2.05, 4.69) is 0 Å². The van der Waals surface area contributed by atoms with Crippen molar-refractivity contribution in [1.82, 2.24) is 0 Å². The van der Waals surface area contributed by atoms with E-state index in [1.165, 1.54) is 0 Å². The van der Waals surface area contributed by atoms with Crippen molar-refractivity contribution < 1.29 is 19.5 Å². The van der Waals surface area contributed by atoms with E-state index in [4.69, 9.17) is 19.5 Å². The zero-order chi connectivity index (χ0) is 13.7. The molecule has 2 rings (SSSR count). The number of rotatable bonds is 5. The average Bonchev–Trinajstić information content (AvgIpc) is 2.45. The first-order chi connectivity index (χ1) is 9.19. The summed E-state index contributed by atoms with van der Waals surface area (Å²) in [6.07, 6.45) is 0. The topological polar surface area (TPSA) is 58.9 Å². The van der Waals surface area contributed by atoms with Gasteiger partial charge in [-0.15, -0.1) is 0 Å². The van der Waals surface area contributed by atoms with Gasteiger partial charge in [-0.2, -0.15) is 0 Å². The van der Waals surface area contributed by atoms with Crippen LogP contribution in [0.3, 0.4) is 0 Å². The molecule has 5 heteroatoms. The predicted octanol–water partition coefficient (Wildman–Crippen LogP) is 0.954. The van der Waals surface area contributed by atoms with Crippen molar-refractivity contribution in [1.29, 1.82) is 0 Å². The second-order valence-electron chi connectivity index (χ2n) is 4.09. The molecule has 2 aromatic carbocycles. The van der Waals surface area contributed by atoms with E-state index in [0.29, 0.717) is 17.8 Å². The molecule has 0 amide bonds. The fourth-order valence-electron chi connectivity index (χ4n) is 1.70. The van der Waals surface area contributed by atoms with Crippen molar-refractivity contribution in [2.75, 3.05) is 7.11 Å². The highest BCUT2D eigenvalue weighted by molar-refractivity contribution is 6.58. The van der Waals surface area contributed by atoms with Gasteiger partial charge in [0.05, 0.1) is 7.11 Å². The van der Waals surface area contributed by atoms with Crippen LogP contribution in [0.4, 0.5) is 0 Å². The van der Waals surface area contributed by atoms with Crippen LogP contribution < -0.4 is 14.9 Å². The molecule has 0 saturated heterocycles. The molecule has 0 fully saturated rings. The number of hydrogen-bond acceptors (Lipinski definition) is 4. The van der Waals surface area contributed by atoms with Crippen molar-refractivity contribution in [2.45, 2.75) is 6.61 Å². The summed E-state index contributed by atoms with van der Waals surface area (Å²) < 4.78 is 10.7. The SMILES string of the molecule is COc1cccc(OCc2cccc(B(O)O)c2)c1. The van der Waals surface area contributed by atoms with Gasteiger partial charge < -0.3 is 19.5 Å². The van der Waals surface area contributed by atoms with Crippen LogP contribution in [0.1, 0.15) is 5.56 Å². The summed E-state index contributed by atoms with van der Waals surface area (Å²) in [4.78, 5) is 0. The van der Waals surface area contributed by atoms with E-state index < -0.39 is 7.12 Å². The van der Waals surface area contributed by atoms with Crippen molar-refractivity contribution in [3.63, 3.8) is 0 Å². The molecular formula is C14H15BO4. The van der Waals surface area contributed by atoms with E-state index in [1.807, 2.05) is 24.3 Å². The molecule has 0 atom stereocenters. The Labute approximate surface area is 112 Å². The molecule has 98 valence electrons. The highest BCUT2D eigenvalue weighted by Gasteiger charge is 2.10. The number of methoxy groups -OCH3 is 1. The highest BCUT2D eigenvalue weighted by Crippen LogP contribution is 2.19. The van der Waals surface area contributed by atoms with Gasteiger partial charge in [0.1, 0.15) is 18.1 Å². The fourth-order valence-corrected chi connectivity index (χ4v) is 1.70. The summed E-state index contributed by atoms with van der Waals surface area (Å²) in [5, 5.41) is 18.2. The predicted molar refractivity (Wildman–Crippen MR) is 73.6 cm³/mol. The summed E-state index contributed by atoms with van der Waals surface area (Å²) in [6.45, 7) is 0.355. The Morgan fingerprint density at radius 2 is 1.74 bits per heavy atom. The lowest BCUT2D eigenvalue weighted by Gasteiger charge is -2.09. The first-order valence-corrected chi connectivity index (χ1v) is 5.91. The third kappa shape index (κ3) is 3.74. The quantitative estimate of drug-likeness (QED) is 0.784. The smallest absolute Gasteiger partial charge is 0.488 e. The van der Waals surface area contributed by atoms with Crippen molar-refractivity contribution in [2.24, 2.45) is 0 Å². The van der Waals surface area contributed by atoms with E-state index in [-0.39, 0.29) is 0 Å². The monoisotopic (exact) mass is 258 g/mol. The Morgan fingerprint density at radius 3 is 2.47 bits per heavy atom. The summed E-state index contributed by atoms with van der Waals surface area (Å²) in [7, 11) is 0.141. The third-order valence-corrected chi connectivity index (χ3v) is 2.70. The van der Waals surface area contributed by atoms with Gasteiger partial charge in [-0.05, 0) is 23.2 Å². The zero-order valence-corrected chi connectivity index (χ0v) is 10.6. The lowest BCUT2D eigenvalue weighted by molar-refractivity contribution is 0.303. The minimum atomic E-state index is -1.46. The van der Waals surface area contributed by atoms with Crippen molar-refractivity contribution in [3.05, 3.63) is 54.1 Å². The van der Waals surface area contributed by atoms with Gasteiger partial charge in [0.2, 0.25) is 0 Å². The minimum absolute atomic E-state index is 0.355. The standard InChI is InChI=1S/C14H15BO4/c1-18-13-6-3-7-14(9-13)19-10-11-4-2-5-12(8-11)15(16)17/h2-9,16-17H,10H2,1H3. The summed E-state index contributed by atoms with van der Waals surface area (Å²) in [5.41, 5.74) is 1.32. The molecule has 0 bridgehead atoms. The molecule has 0 saturated carbocycles. The Hall–Kier alpha value is -1.98. The lowest BCUT2D eigenvalue weighted by Crippen LogP contribution is -2.29. The molecule has 0 unspecified atom stereocenters. The Balaban J connectivity index is 2.03. The molecule has 0 aliphatic carbocycles.